The van der Waals surface area contributed by atoms with Crippen LogP contribution in [0.1, 0.15) is 10.8 Å². The molecule has 0 unspecified atom stereocenters. The van der Waals surface area contributed by atoms with Gasteiger partial charge in [-0.25, -0.2) is 4.98 Å². The first kappa shape index (κ1) is 15.2. The molecule has 0 aliphatic carbocycles. The Balaban J connectivity index is 1.68. The van der Waals surface area contributed by atoms with Gasteiger partial charge >= 0.3 is 6.18 Å². The van der Waals surface area contributed by atoms with E-state index in [4.69, 9.17) is 0 Å². The molecule has 0 spiro atoms. The number of aromatic amines is 1. The number of nitrogens with zero attached hydrogens (tertiary/aromatic N) is 3. The highest BCUT2D eigenvalue weighted by atomic mass is 32.1. The predicted molar refractivity (Wildman–Crippen MR) is 78.7 cm³/mol. The van der Waals surface area contributed by atoms with Gasteiger partial charge in [0.2, 0.25) is 11.8 Å². The number of carbonyl (C=O) groups is 1. The molecular formula is C13H8F3N5OS. The molecule has 0 aliphatic rings. The van der Waals surface area contributed by atoms with Crippen molar-refractivity contribution in [1.82, 2.24) is 20.2 Å². The largest absolute Gasteiger partial charge is 0.451 e. The van der Waals surface area contributed by atoms with E-state index in [2.05, 4.69) is 20.4 Å². The van der Waals surface area contributed by atoms with Gasteiger partial charge in [0, 0.05) is 6.08 Å². The summed E-state index contributed by atoms with van der Waals surface area (Å²) >= 11 is 1.39. The first-order valence-corrected chi connectivity index (χ1v) is 7.08. The number of rotatable bonds is 3. The van der Waals surface area contributed by atoms with Gasteiger partial charge in [-0.1, -0.05) is 12.1 Å². The molecule has 6 nitrogen and oxygen atoms in total. The molecule has 118 valence electrons. The summed E-state index contributed by atoms with van der Waals surface area (Å²) in [6.07, 6.45) is -2.02. The molecule has 0 saturated heterocycles. The van der Waals surface area contributed by atoms with Gasteiger partial charge in [-0.05, 0) is 18.2 Å². The van der Waals surface area contributed by atoms with E-state index in [0.717, 1.165) is 16.3 Å². The Kier molecular flexibility index (Phi) is 3.82. The number of hydrogen-bond acceptors (Lipinski definition) is 5. The second-order valence-electron chi connectivity index (χ2n) is 4.35. The maximum absolute atomic E-state index is 12.3. The molecule has 23 heavy (non-hydrogen) atoms. The van der Waals surface area contributed by atoms with E-state index >= 15 is 0 Å². The van der Waals surface area contributed by atoms with E-state index in [9.17, 15) is 18.0 Å². The van der Waals surface area contributed by atoms with Gasteiger partial charge in [0.25, 0.3) is 5.91 Å². The number of thiazole rings is 1. The van der Waals surface area contributed by atoms with Crippen LogP contribution in [-0.2, 0) is 11.0 Å². The number of carbonyl (C=O) groups excluding carboxylic acids is 1. The highest BCUT2D eigenvalue weighted by Crippen LogP contribution is 2.26. The first-order chi connectivity index (χ1) is 10.9. The Morgan fingerprint density at radius 2 is 2.04 bits per heavy atom. The molecule has 2 heterocycles. The maximum Gasteiger partial charge on any atom is 0.451 e. The van der Waals surface area contributed by atoms with E-state index in [0.29, 0.717) is 5.01 Å². The van der Waals surface area contributed by atoms with Crippen molar-refractivity contribution in [1.29, 1.82) is 0 Å². The lowest BCUT2D eigenvalue weighted by molar-refractivity contribution is -0.144. The Morgan fingerprint density at radius 3 is 2.74 bits per heavy atom. The summed E-state index contributed by atoms with van der Waals surface area (Å²) in [7, 11) is 0. The van der Waals surface area contributed by atoms with Crippen LogP contribution < -0.4 is 5.32 Å². The lowest BCUT2D eigenvalue weighted by atomic mass is 10.3. The Bertz CT molecular complexity index is 850. The third kappa shape index (κ3) is 3.54. The number of para-hydroxylation sites is 1. The van der Waals surface area contributed by atoms with E-state index in [1.807, 2.05) is 24.3 Å². The highest BCUT2D eigenvalue weighted by Gasteiger charge is 2.35. The maximum atomic E-state index is 12.3. The Hall–Kier alpha value is -2.75. The molecule has 0 radical (unpaired) electrons. The first-order valence-electron chi connectivity index (χ1n) is 6.26. The van der Waals surface area contributed by atoms with Crippen LogP contribution in [0.25, 0.3) is 16.3 Å². The second-order valence-corrected chi connectivity index (χ2v) is 5.41. The van der Waals surface area contributed by atoms with E-state index < -0.39 is 23.9 Å². The number of H-pyrrole nitrogens is 1. The summed E-state index contributed by atoms with van der Waals surface area (Å²) in [4.78, 5) is 19.1. The SMILES string of the molecule is O=C(/C=C\c1nc2ccccc2s1)Nc1n[nH]c(C(F)(F)F)n1. The summed E-state index contributed by atoms with van der Waals surface area (Å²) in [5, 5.41) is 7.72. The number of alkyl halides is 3. The third-order valence-electron chi connectivity index (χ3n) is 2.68. The van der Waals surface area contributed by atoms with Crippen molar-refractivity contribution in [2.45, 2.75) is 6.18 Å². The second kappa shape index (κ2) is 5.80. The third-order valence-corrected chi connectivity index (χ3v) is 3.68. The smallest absolute Gasteiger partial charge is 0.290 e. The number of hydrogen-bond donors (Lipinski definition) is 2. The molecule has 0 bridgehead atoms. The van der Waals surface area contributed by atoms with Gasteiger partial charge in [-0.15, -0.1) is 16.4 Å². The zero-order chi connectivity index (χ0) is 16.4. The summed E-state index contributed by atoms with van der Waals surface area (Å²) in [5.74, 6) is -2.38. The fourth-order valence-corrected chi connectivity index (χ4v) is 2.57. The number of nitrogens with one attached hydrogen (secondary N) is 2. The zero-order valence-corrected chi connectivity index (χ0v) is 12.1. The quantitative estimate of drug-likeness (QED) is 0.718. The van der Waals surface area contributed by atoms with E-state index in [1.54, 1.807) is 5.10 Å². The van der Waals surface area contributed by atoms with Gasteiger partial charge < -0.3 is 0 Å². The molecule has 0 saturated carbocycles. The standard InChI is InChI=1S/C13H8F3N5OS/c14-13(15,16)11-19-12(21-20-11)18-9(22)5-6-10-17-7-3-1-2-4-8(7)23-10/h1-6H,(H2,18,19,20,21,22)/b6-5-. The zero-order valence-electron chi connectivity index (χ0n) is 11.3. The Morgan fingerprint density at radius 1 is 1.26 bits per heavy atom. The molecule has 0 fully saturated rings. The average molecular weight is 339 g/mol. The van der Waals surface area contributed by atoms with Crippen LogP contribution >= 0.6 is 11.3 Å². The minimum absolute atomic E-state index is 0.448. The fraction of sp³-hybridized carbons (Fsp3) is 0.0769. The van der Waals surface area contributed by atoms with Crippen molar-refractivity contribution >= 4 is 39.5 Å². The molecule has 10 heteroatoms. The van der Waals surface area contributed by atoms with Crippen LogP contribution in [0, 0.1) is 0 Å². The molecule has 2 aromatic heterocycles. The van der Waals surface area contributed by atoms with Gasteiger partial charge in [0.1, 0.15) is 5.01 Å². The van der Waals surface area contributed by atoms with Crippen molar-refractivity contribution in [2.24, 2.45) is 0 Å². The summed E-state index contributed by atoms with van der Waals surface area (Å²) < 4.78 is 38.0. The molecule has 0 atom stereocenters. The minimum Gasteiger partial charge on any atom is -0.290 e. The van der Waals surface area contributed by atoms with Gasteiger partial charge in [-0.3, -0.25) is 15.2 Å². The minimum atomic E-state index is -4.65. The molecule has 1 aromatic carbocycles. The van der Waals surface area contributed by atoms with Gasteiger partial charge in [0.05, 0.1) is 10.2 Å². The topological polar surface area (TPSA) is 83.6 Å². The average Bonchev–Trinajstić information content (AvgIpc) is 3.10. The number of aromatic nitrogens is 4. The molecule has 3 aromatic rings. The van der Waals surface area contributed by atoms with Crippen LogP contribution in [0.15, 0.2) is 30.3 Å². The van der Waals surface area contributed by atoms with Gasteiger partial charge in [-0.2, -0.15) is 18.2 Å². The number of benzene rings is 1. The normalized spacial score (nSPS) is 12.1. The monoisotopic (exact) mass is 339 g/mol. The molecular weight excluding hydrogens is 331 g/mol. The lowest BCUT2D eigenvalue weighted by Gasteiger charge is -1.98. The lowest BCUT2D eigenvalue weighted by Crippen LogP contribution is -2.10. The van der Waals surface area contributed by atoms with Crippen LogP contribution in [-0.4, -0.2) is 26.1 Å². The van der Waals surface area contributed by atoms with Crippen molar-refractivity contribution in [2.75, 3.05) is 5.32 Å². The van der Waals surface area contributed by atoms with Gasteiger partial charge in [0.15, 0.2) is 0 Å². The predicted octanol–water partition coefficient (Wildman–Crippen LogP) is 3.09. The highest BCUT2D eigenvalue weighted by molar-refractivity contribution is 7.19. The number of anilines is 1. The molecule has 1 amide bonds. The van der Waals surface area contributed by atoms with Crippen LogP contribution in [0.4, 0.5) is 19.1 Å². The van der Waals surface area contributed by atoms with Crippen molar-refractivity contribution in [3.8, 4) is 0 Å². The van der Waals surface area contributed by atoms with Crippen molar-refractivity contribution < 1.29 is 18.0 Å². The van der Waals surface area contributed by atoms with Crippen LogP contribution in [0.5, 0.6) is 0 Å². The molecule has 3 rings (SSSR count). The van der Waals surface area contributed by atoms with Crippen LogP contribution in [0.2, 0.25) is 0 Å². The summed E-state index contributed by atoms with van der Waals surface area (Å²) in [6.45, 7) is 0. The molecule has 0 aliphatic heterocycles. The number of amides is 1. The fourth-order valence-electron chi connectivity index (χ4n) is 1.70. The number of halogens is 3. The van der Waals surface area contributed by atoms with Crippen LogP contribution in [0.3, 0.4) is 0 Å². The summed E-state index contributed by atoms with van der Waals surface area (Å²) in [5.41, 5.74) is 0.807. The van der Waals surface area contributed by atoms with Crippen molar-refractivity contribution in [3.63, 3.8) is 0 Å². The van der Waals surface area contributed by atoms with E-state index in [-0.39, 0.29) is 0 Å². The Labute approximate surface area is 131 Å². The molecule has 2 N–H and O–H groups in total. The van der Waals surface area contributed by atoms with Crippen molar-refractivity contribution in [3.05, 3.63) is 41.2 Å². The number of fused-ring (bicyclic) bond motifs is 1. The van der Waals surface area contributed by atoms with E-state index in [1.165, 1.54) is 17.4 Å². The summed E-state index contributed by atoms with van der Waals surface area (Å²) in [6, 6.07) is 7.47.